The fourth-order valence-corrected chi connectivity index (χ4v) is 5.25. The number of halogens is 2. The molecule has 0 aliphatic carbocycles. The van der Waals surface area contributed by atoms with Crippen molar-refractivity contribution in [3.63, 3.8) is 0 Å². The lowest BCUT2D eigenvalue weighted by Crippen LogP contribution is -2.45. The first-order valence-corrected chi connectivity index (χ1v) is 12.4. The molecule has 4 rings (SSSR count). The van der Waals surface area contributed by atoms with Gasteiger partial charge in [0, 0.05) is 35.8 Å². The lowest BCUT2D eigenvalue weighted by Gasteiger charge is -2.31. The number of ketones is 2. The molecule has 3 atom stereocenters. The number of hydrogen-bond acceptors (Lipinski definition) is 4. The number of rotatable bonds is 9. The van der Waals surface area contributed by atoms with Crippen LogP contribution < -0.4 is 10.1 Å². The number of nitrogens with one attached hydrogen (secondary N) is 1. The summed E-state index contributed by atoms with van der Waals surface area (Å²) in [7, 11) is 0. The van der Waals surface area contributed by atoms with E-state index in [9.17, 15) is 18.4 Å². The summed E-state index contributed by atoms with van der Waals surface area (Å²) >= 11 is 0. The molecule has 0 spiro atoms. The number of hydrogen-bond donors (Lipinski definition) is 1. The number of alkyl halides is 2. The predicted molar refractivity (Wildman–Crippen MR) is 128 cm³/mol. The molecule has 182 valence electrons. The van der Waals surface area contributed by atoms with E-state index in [1.165, 1.54) is 0 Å². The van der Waals surface area contributed by atoms with E-state index in [1.807, 2.05) is 43.3 Å². The monoisotopic (exact) mass is 469 g/mol. The third kappa shape index (κ3) is 5.07. The molecule has 0 unspecified atom stereocenters. The highest BCUT2D eigenvalue weighted by atomic mass is 19.3. The molecule has 0 radical (unpaired) electrons. The standard InChI is InChI=1S/C28H33F2NO3/c1-3-24(32)22-15-20(25(33)12-8-7-11-21-13-14-31-17-28(21,29)30)16-23-26(18(2)34-27(22)23)19-9-5-4-6-10-19/h4-6,9-10,15-16,18,21,26,31H,3,7-8,11-14,17H2,1-2H3/t18-,21+,26+/m0/s1. The van der Waals surface area contributed by atoms with Gasteiger partial charge in [-0.1, -0.05) is 43.7 Å². The van der Waals surface area contributed by atoms with Crippen molar-refractivity contribution in [3.05, 3.63) is 64.7 Å². The van der Waals surface area contributed by atoms with E-state index in [4.69, 9.17) is 4.74 Å². The molecule has 6 heteroatoms. The lowest BCUT2D eigenvalue weighted by molar-refractivity contribution is -0.0765. The molecule has 2 aliphatic heterocycles. The summed E-state index contributed by atoms with van der Waals surface area (Å²) in [5, 5.41) is 2.75. The van der Waals surface area contributed by atoms with Crippen LogP contribution in [0.4, 0.5) is 8.78 Å². The van der Waals surface area contributed by atoms with Crippen LogP contribution in [0.2, 0.25) is 0 Å². The number of carbonyl (C=O) groups is 2. The van der Waals surface area contributed by atoms with Crippen LogP contribution in [0.1, 0.15) is 90.1 Å². The first-order chi connectivity index (χ1) is 16.3. The second-order valence-corrected chi connectivity index (χ2v) is 9.52. The maximum absolute atomic E-state index is 14.0. The van der Waals surface area contributed by atoms with E-state index in [1.54, 1.807) is 13.0 Å². The maximum Gasteiger partial charge on any atom is 0.263 e. The Bertz CT molecular complexity index is 1040. The topological polar surface area (TPSA) is 55.4 Å². The van der Waals surface area contributed by atoms with E-state index >= 15 is 0 Å². The van der Waals surface area contributed by atoms with Gasteiger partial charge in [0.15, 0.2) is 11.6 Å². The van der Waals surface area contributed by atoms with Gasteiger partial charge in [0.2, 0.25) is 0 Å². The fourth-order valence-electron chi connectivity index (χ4n) is 5.25. The quantitative estimate of drug-likeness (QED) is 0.352. The highest BCUT2D eigenvalue weighted by molar-refractivity contribution is 6.04. The third-order valence-corrected chi connectivity index (χ3v) is 7.16. The molecule has 0 aromatic heterocycles. The first-order valence-electron chi connectivity index (χ1n) is 12.4. The lowest BCUT2D eigenvalue weighted by atomic mass is 9.85. The summed E-state index contributed by atoms with van der Waals surface area (Å²) in [5.41, 5.74) is 2.91. The van der Waals surface area contributed by atoms with Gasteiger partial charge in [-0.3, -0.25) is 9.59 Å². The van der Waals surface area contributed by atoms with Crippen LogP contribution in [0, 0.1) is 5.92 Å². The number of fused-ring (bicyclic) bond motifs is 1. The molecular weight excluding hydrogens is 436 g/mol. The molecule has 2 aromatic carbocycles. The third-order valence-electron chi connectivity index (χ3n) is 7.16. The van der Waals surface area contributed by atoms with Crippen molar-refractivity contribution in [3.8, 4) is 5.75 Å². The molecule has 0 saturated carbocycles. The Labute approximate surface area is 200 Å². The van der Waals surface area contributed by atoms with Crippen molar-refractivity contribution in [1.29, 1.82) is 0 Å². The van der Waals surface area contributed by atoms with Crippen LogP contribution in [0.15, 0.2) is 42.5 Å². The summed E-state index contributed by atoms with van der Waals surface area (Å²) < 4.78 is 34.2. The van der Waals surface area contributed by atoms with Gasteiger partial charge < -0.3 is 10.1 Å². The molecule has 2 aliphatic rings. The van der Waals surface area contributed by atoms with Crippen LogP contribution in [0.25, 0.3) is 0 Å². The smallest absolute Gasteiger partial charge is 0.263 e. The Kier molecular flexibility index (Phi) is 7.46. The van der Waals surface area contributed by atoms with E-state index < -0.39 is 11.8 Å². The zero-order chi connectivity index (χ0) is 24.3. The molecular formula is C28H33F2NO3. The van der Waals surface area contributed by atoms with Crippen molar-refractivity contribution < 1.29 is 23.1 Å². The summed E-state index contributed by atoms with van der Waals surface area (Å²) in [5.74, 6) is -2.90. The number of unbranched alkanes of at least 4 members (excludes halogenated alkanes) is 1. The van der Waals surface area contributed by atoms with Crippen molar-refractivity contribution >= 4 is 11.6 Å². The van der Waals surface area contributed by atoms with E-state index in [0.717, 1.165) is 11.1 Å². The van der Waals surface area contributed by atoms with Gasteiger partial charge in [-0.2, -0.15) is 0 Å². The van der Waals surface area contributed by atoms with Crippen molar-refractivity contribution in [2.24, 2.45) is 5.92 Å². The molecule has 1 saturated heterocycles. The Morgan fingerprint density at radius 1 is 1.12 bits per heavy atom. The average molecular weight is 470 g/mol. The average Bonchev–Trinajstić information content (AvgIpc) is 3.17. The highest BCUT2D eigenvalue weighted by Crippen LogP contribution is 2.45. The molecule has 4 nitrogen and oxygen atoms in total. The minimum Gasteiger partial charge on any atom is -0.489 e. The van der Waals surface area contributed by atoms with Crippen molar-refractivity contribution in [2.75, 3.05) is 13.1 Å². The minimum absolute atomic E-state index is 0.0556. The molecule has 1 fully saturated rings. The minimum atomic E-state index is -2.68. The molecule has 0 bridgehead atoms. The Balaban J connectivity index is 1.51. The van der Waals surface area contributed by atoms with Crippen molar-refractivity contribution in [1.82, 2.24) is 5.32 Å². The van der Waals surface area contributed by atoms with Gasteiger partial charge in [0.1, 0.15) is 11.9 Å². The van der Waals surface area contributed by atoms with Gasteiger partial charge in [-0.25, -0.2) is 8.78 Å². The number of benzene rings is 2. The van der Waals surface area contributed by atoms with Gasteiger partial charge in [0.25, 0.3) is 5.92 Å². The largest absolute Gasteiger partial charge is 0.489 e. The van der Waals surface area contributed by atoms with Crippen molar-refractivity contribution in [2.45, 2.75) is 70.3 Å². The number of carbonyl (C=O) groups excluding carboxylic acids is 2. The molecule has 2 aromatic rings. The van der Waals surface area contributed by atoms with Gasteiger partial charge in [-0.05, 0) is 50.4 Å². The van der Waals surface area contributed by atoms with Crippen LogP contribution in [-0.4, -0.2) is 36.7 Å². The summed E-state index contributed by atoms with van der Waals surface area (Å²) in [6.45, 7) is 4.14. The first kappa shape index (κ1) is 24.5. The zero-order valence-corrected chi connectivity index (χ0v) is 19.9. The van der Waals surface area contributed by atoms with E-state index in [0.29, 0.717) is 55.5 Å². The van der Waals surface area contributed by atoms with Crippen LogP contribution in [0.3, 0.4) is 0 Å². The van der Waals surface area contributed by atoms with Gasteiger partial charge in [0.05, 0.1) is 12.1 Å². The van der Waals surface area contributed by atoms with Crippen LogP contribution >= 0.6 is 0 Å². The second-order valence-electron chi connectivity index (χ2n) is 9.52. The fraction of sp³-hybridized carbons (Fsp3) is 0.500. The normalized spacial score (nSPS) is 23.2. The summed E-state index contributed by atoms with van der Waals surface area (Å²) in [4.78, 5) is 25.8. The van der Waals surface area contributed by atoms with Gasteiger partial charge in [-0.15, -0.1) is 0 Å². The Morgan fingerprint density at radius 3 is 2.59 bits per heavy atom. The Morgan fingerprint density at radius 2 is 1.88 bits per heavy atom. The van der Waals surface area contributed by atoms with E-state index in [-0.39, 0.29) is 36.6 Å². The highest BCUT2D eigenvalue weighted by Gasteiger charge is 2.41. The van der Waals surface area contributed by atoms with Crippen LogP contribution in [0.5, 0.6) is 5.75 Å². The number of Topliss-reactive ketones (excluding diaryl/α,β-unsaturated/α-hetero) is 2. The number of piperidine rings is 1. The molecule has 1 N–H and O–H groups in total. The number of ether oxygens (including phenoxy) is 1. The second kappa shape index (κ2) is 10.3. The zero-order valence-electron chi connectivity index (χ0n) is 19.9. The Hall–Kier alpha value is -2.60. The molecule has 0 amide bonds. The molecule has 34 heavy (non-hydrogen) atoms. The SMILES string of the molecule is CCC(=O)c1cc(C(=O)CCCC[C@@H]2CCNCC2(F)F)cc2c1O[C@@H](C)[C@@H]2c1ccccc1. The van der Waals surface area contributed by atoms with Gasteiger partial charge >= 0.3 is 0 Å². The summed E-state index contributed by atoms with van der Waals surface area (Å²) in [6.07, 6.45) is 2.48. The maximum atomic E-state index is 14.0. The molecule has 2 heterocycles. The predicted octanol–water partition coefficient (Wildman–Crippen LogP) is 6.18. The van der Waals surface area contributed by atoms with E-state index in [2.05, 4.69) is 5.32 Å². The van der Waals surface area contributed by atoms with Crippen LogP contribution in [-0.2, 0) is 0 Å². The summed E-state index contributed by atoms with van der Waals surface area (Å²) in [6, 6.07) is 13.5.